The second-order valence-corrected chi connectivity index (χ2v) is 4.60. The molecule has 0 fully saturated rings. The van der Waals surface area contributed by atoms with Gasteiger partial charge >= 0.3 is 6.18 Å². The van der Waals surface area contributed by atoms with Crippen LogP contribution in [0.5, 0.6) is 0 Å². The summed E-state index contributed by atoms with van der Waals surface area (Å²) in [5.74, 6) is -0.0263. The lowest BCUT2D eigenvalue weighted by molar-refractivity contribution is -0.195. The third-order valence-electron chi connectivity index (χ3n) is 1.87. The average Bonchev–Trinajstić information content (AvgIpc) is 2.19. The molecular weight excluding hydrogens is 261 g/mol. The molecule has 0 amide bonds. The fourth-order valence-electron chi connectivity index (χ4n) is 0.990. The lowest BCUT2D eigenvalue weighted by Crippen LogP contribution is -2.30. The number of thioether (sulfide) groups is 1. The summed E-state index contributed by atoms with van der Waals surface area (Å²) in [4.78, 5) is 0. The van der Waals surface area contributed by atoms with Gasteiger partial charge < -0.3 is 5.11 Å². The number of rotatable bonds is 4. The number of hydrogen-bond acceptors (Lipinski definition) is 2. The van der Waals surface area contributed by atoms with Gasteiger partial charge in [0.25, 0.3) is 0 Å². The van der Waals surface area contributed by atoms with Gasteiger partial charge in [0.15, 0.2) is 6.10 Å². The van der Waals surface area contributed by atoms with Crippen molar-refractivity contribution in [3.05, 3.63) is 34.9 Å². The van der Waals surface area contributed by atoms with E-state index in [1.165, 1.54) is 0 Å². The van der Waals surface area contributed by atoms with Crippen LogP contribution < -0.4 is 0 Å². The Morgan fingerprint density at radius 2 is 1.94 bits per heavy atom. The summed E-state index contributed by atoms with van der Waals surface area (Å²) in [6, 6.07) is 6.94. The van der Waals surface area contributed by atoms with E-state index in [0.717, 1.165) is 17.3 Å². The summed E-state index contributed by atoms with van der Waals surface area (Å²) in [6.45, 7) is 0. The number of benzene rings is 1. The first-order valence-electron chi connectivity index (χ1n) is 4.47. The van der Waals surface area contributed by atoms with Gasteiger partial charge in [0.1, 0.15) is 0 Å². The van der Waals surface area contributed by atoms with Gasteiger partial charge in [0.05, 0.1) is 0 Å². The van der Waals surface area contributed by atoms with E-state index in [4.69, 9.17) is 16.7 Å². The highest BCUT2D eigenvalue weighted by atomic mass is 35.5. The van der Waals surface area contributed by atoms with Gasteiger partial charge in [0.2, 0.25) is 0 Å². The van der Waals surface area contributed by atoms with Crippen LogP contribution in [0.1, 0.15) is 5.56 Å². The molecule has 6 heteroatoms. The Morgan fingerprint density at radius 1 is 1.31 bits per heavy atom. The molecule has 1 nitrogen and oxygen atoms in total. The molecule has 0 aliphatic heterocycles. The van der Waals surface area contributed by atoms with E-state index in [9.17, 15) is 13.2 Å². The zero-order chi connectivity index (χ0) is 12.2. The molecule has 1 rings (SSSR count). The Kier molecular flexibility index (Phi) is 4.95. The van der Waals surface area contributed by atoms with Gasteiger partial charge in [-0.3, -0.25) is 0 Å². The van der Waals surface area contributed by atoms with Crippen molar-refractivity contribution in [1.82, 2.24) is 0 Å². The second-order valence-electron chi connectivity index (χ2n) is 3.16. The monoisotopic (exact) mass is 270 g/mol. The Morgan fingerprint density at radius 3 is 2.50 bits per heavy atom. The van der Waals surface area contributed by atoms with Crippen molar-refractivity contribution in [1.29, 1.82) is 0 Å². The second kappa shape index (κ2) is 5.80. The van der Waals surface area contributed by atoms with Crippen LogP contribution in [0, 0.1) is 0 Å². The molecule has 1 aromatic rings. The zero-order valence-corrected chi connectivity index (χ0v) is 9.74. The first-order valence-corrected chi connectivity index (χ1v) is 6.00. The zero-order valence-electron chi connectivity index (χ0n) is 8.17. The molecule has 0 radical (unpaired) electrons. The average molecular weight is 271 g/mol. The van der Waals surface area contributed by atoms with E-state index in [-0.39, 0.29) is 5.75 Å². The predicted octanol–water partition coefficient (Wildman–Crippen LogP) is 3.50. The van der Waals surface area contributed by atoms with Crippen molar-refractivity contribution in [3.8, 4) is 0 Å². The fourth-order valence-corrected chi connectivity index (χ4v) is 2.27. The summed E-state index contributed by atoms with van der Waals surface area (Å²) >= 11 is 6.83. The number of alkyl halides is 3. The van der Waals surface area contributed by atoms with Crippen LogP contribution in [0.2, 0.25) is 5.02 Å². The number of hydrogen-bond donors (Lipinski definition) is 1. The molecule has 1 atom stereocenters. The summed E-state index contributed by atoms with van der Waals surface area (Å²) < 4.78 is 35.9. The van der Waals surface area contributed by atoms with Gasteiger partial charge in [-0.25, -0.2) is 0 Å². The molecule has 1 unspecified atom stereocenters. The van der Waals surface area contributed by atoms with Crippen molar-refractivity contribution in [3.63, 3.8) is 0 Å². The van der Waals surface area contributed by atoms with Crippen LogP contribution in [-0.2, 0) is 5.75 Å². The maximum Gasteiger partial charge on any atom is 0.415 e. The van der Waals surface area contributed by atoms with Crippen LogP contribution in [0.15, 0.2) is 24.3 Å². The molecule has 0 spiro atoms. The maximum absolute atomic E-state index is 12.0. The van der Waals surface area contributed by atoms with Gasteiger partial charge in [-0.05, 0) is 11.6 Å². The third kappa shape index (κ3) is 4.23. The standard InChI is InChI=1S/C10H10ClF3OS/c11-8-4-2-1-3-7(8)5-16-6-9(15)10(12,13)14/h1-4,9,15H,5-6H2. The number of halogens is 4. The van der Waals surface area contributed by atoms with Crippen LogP contribution in [-0.4, -0.2) is 23.1 Å². The van der Waals surface area contributed by atoms with E-state index in [0.29, 0.717) is 10.8 Å². The van der Waals surface area contributed by atoms with Crippen molar-refractivity contribution < 1.29 is 18.3 Å². The summed E-state index contributed by atoms with van der Waals surface area (Å²) in [6.07, 6.45) is -6.83. The molecule has 0 aliphatic rings. The van der Waals surface area contributed by atoms with Crippen LogP contribution >= 0.6 is 23.4 Å². The largest absolute Gasteiger partial charge is 0.415 e. The predicted molar refractivity (Wildman–Crippen MR) is 59.7 cm³/mol. The Balaban J connectivity index is 2.40. The quantitative estimate of drug-likeness (QED) is 0.904. The lowest BCUT2D eigenvalue weighted by atomic mass is 10.2. The van der Waals surface area contributed by atoms with Crippen LogP contribution in [0.3, 0.4) is 0 Å². The van der Waals surface area contributed by atoms with E-state index < -0.39 is 12.3 Å². The number of aliphatic hydroxyl groups excluding tert-OH is 1. The molecule has 0 saturated carbocycles. The van der Waals surface area contributed by atoms with E-state index in [2.05, 4.69) is 0 Å². The molecule has 0 bridgehead atoms. The molecular formula is C10H10ClF3OS. The normalized spacial score (nSPS) is 13.8. The number of aliphatic hydroxyl groups is 1. The minimum Gasteiger partial charge on any atom is -0.383 e. The topological polar surface area (TPSA) is 20.2 Å². The Bertz CT molecular complexity index is 343. The van der Waals surface area contributed by atoms with Crippen LogP contribution in [0.25, 0.3) is 0 Å². The van der Waals surface area contributed by atoms with E-state index >= 15 is 0 Å². The fraction of sp³-hybridized carbons (Fsp3) is 0.400. The van der Waals surface area contributed by atoms with Gasteiger partial charge in [0, 0.05) is 16.5 Å². The highest BCUT2D eigenvalue weighted by Crippen LogP contribution is 2.26. The van der Waals surface area contributed by atoms with E-state index in [1.54, 1.807) is 24.3 Å². The minimum atomic E-state index is -4.55. The van der Waals surface area contributed by atoms with Gasteiger partial charge in [-0.2, -0.15) is 24.9 Å². The lowest BCUT2D eigenvalue weighted by Gasteiger charge is -2.13. The molecule has 16 heavy (non-hydrogen) atoms. The molecule has 0 heterocycles. The minimum absolute atomic E-state index is 0.354. The van der Waals surface area contributed by atoms with Crippen molar-refractivity contribution in [2.24, 2.45) is 0 Å². The highest BCUT2D eigenvalue weighted by molar-refractivity contribution is 7.98. The summed E-state index contributed by atoms with van der Waals surface area (Å²) in [5.41, 5.74) is 0.767. The first-order chi connectivity index (χ1) is 7.41. The molecule has 0 saturated heterocycles. The SMILES string of the molecule is OC(CSCc1ccccc1Cl)C(F)(F)F. The Labute approximate surface area is 101 Å². The molecule has 0 aromatic heterocycles. The smallest absolute Gasteiger partial charge is 0.383 e. The van der Waals surface area contributed by atoms with Crippen LogP contribution in [0.4, 0.5) is 13.2 Å². The molecule has 1 aromatic carbocycles. The van der Waals surface area contributed by atoms with E-state index in [1.807, 2.05) is 0 Å². The molecule has 1 N–H and O–H groups in total. The van der Waals surface area contributed by atoms with Crippen molar-refractivity contribution in [2.45, 2.75) is 18.0 Å². The van der Waals surface area contributed by atoms with Gasteiger partial charge in [-0.1, -0.05) is 29.8 Å². The summed E-state index contributed by atoms with van der Waals surface area (Å²) in [7, 11) is 0. The molecule has 90 valence electrons. The summed E-state index contributed by atoms with van der Waals surface area (Å²) in [5, 5.41) is 9.28. The van der Waals surface area contributed by atoms with Crippen molar-refractivity contribution in [2.75, 3.05) is 5.75 Å². The Hall–Kier alpha value is -0.390. The maximum atomic E-state index is 12.0. The van der Waals surface area contributed by atoms with Gasteiger partial charge in [-0.15, -0.1) is 0 Å². The van der Waals surface area contributed by atoms with Crippen molar-refractivity contribution >= 4 is 23.4 Å². The third-order valence-corrected chi connectivity index (χ3v) is 3.30. The first kappa shape index (κ1) is 13.7. The highest BCUT2D eigenvalue weighted by Gasteiger charge is 2.37. The molecule has 0 aliphatic carbocycles.